The molecule has 0 spiro atoms. The molecule has 1 unspecified atom stereocenters. The van der Waals surface area contributed by atoms with E-state index < -0.39 is 0 Å². The molecule has 0 heterocycles. The molecule has 1 rings (SSSR count). The van der Waals surface area contributed by atoms with Gasteiger partial charge in [-0.3, -0.25) is 0 Å². The van der Waals surface area contributed by atoms with E-state index in [1.807, 2.05) is 0 Å². The van der Waals surface area contributed by atoms with Crippen molar-refractivity contribution in [2.75, 3.05) is 0 Å². The summed E-state index contributed by atoms with van der Waals surface area (Å²) in [5, 5.41) is 0. The van der Waals surface area contributed by atoms with E-state index >= 15 is 0 Å². The molecular formula is C13H26S2. The largest absolute Gasteiger partial charge is 0.162 e. The van der Waals surface area contributed by atoms with E-state index in [9.17, 15) is 0 Å². The van der Waals surface area contributed by atoms with Crippen molar-refractivity contribution in [3.05, 3.63) is 0 Å². The van der Waals surface area contributed by atoms with Gasteiger partial charge >= 0.3 is 0 Å². The topological polar surface area (TPSA) is 0 Å². The fourth-order valence-electron chi connectivity index (χ4n) is 2.58. The smallest absolute Gasteiger partial charge is 0.0579 e. The Morgan fingerprint density at radius 3 is 2.47 bits per heavy atom. The lowest BCUT2D eigenvalue weighted by Crippen LogP contribution is -2.29. The SMILES string of the molecule is CCCCCCCC1CCCCC1(S)S. The van der Waals surface area contributed by atoms with Crippen LogP contribution in [-0.2, 0) is 0 Å². The van der Waals surface area contributed by atoms with Gasteiger partial charge in [0, 0.05) is 0 Å². The molecule has 0 amide bonds. The van der Waals surface area contributed by atoms with Crippen LogP contribution in [0, 0.1) is 5.92 Å². The summed E-state index contributed by atoms with van der Waals surface area (Å²) in [7, 11) is 0. The molecule has 1 aliphatic rings. The van der Waals surface area contributed by atoms with Crippen LogP contribution in [0.25, 0.3) is 0 Å². The van der Waals surface area contributed by atoms with Gasteiger partial charge in [0.15, 0.2) is 0 Å². The molecule has 0 saturated heterocycles. The van der Waals surface area contributed by atoms with Crippen LogP contribution in [0.2, 0.25) is 0 Å². The minimum atomic E-state index is 0.0308. The van der Waals surface area contributed by atoms with E-state index in [0.29, 0.717) is 0 Å². The highest BCUT2D eigenvalue weighted by Crippen LogP contribution is 2.44. The molecule has 2 heteroatoms. The second-order valence-corrected chi connectivity index (χ2v) is 6.97. The molecule has 0 radical (unpaired) electrons. The van der Waals surface area contributed by atoms with E-state index in [1.54, 1.807) is 0 Å². The average molecular weight is 246 g/mol. The molecule has 0 N–H and O–H groups in total. The van der Waals surface area contributed by atoms with Crippen LogP contribution in [0.5, 0.6) is 0 Å². The third kappa shape index (κ3) is 5.04. The fourth-order valence-corrected chi connectivity index (χ4v) is 3.41. The van der Waals surface area contributed by atoms with Gasteiger partial charge in [0.05, 0.1) is 4.08 Å². The normalized spacial score (nSPS) is 25.4. The lowest BCUT2D eigenvalue weighted by atomic mass is 9.84. The van der Waals surface area contributed by atoms with E-state index in [2.05, 4.69) is 6.92 Å². The lowest BCUT2D eigenvalue weighted by molar-refractivity contribution is 0.321. The molecule has 1 aliphatic carbocycles. The predicted molar refractivity (Wildman–Crippen MR) is 76.0 cm³/mol. The summed E-state index contributed by atoms with van der Waals surface area (Å²) in [5.41, 5.74) is 0. The quantitative estimate of drug-likeness (QED) is 0.364. The molecule has 1 fully saturated rings. The molecule has 1 saturated carbocycles. The molecule has 0 aromatic heterocycles. The molecular weight excluding hydrogens is 220 g/mol. The van der Waals surface area contributed by atoms with Crippen molar-refractivity contribution in [1.29, 1.82) is 0 Å². The third-order valence-electron chi connectivity index (χ3n) is 3.66. The molecule has 0 bridgehead atoms. The van der Waals surface area contributed by atoms with Gasteiger partial charge in [-0.2, -0.15) is 25.3 Å². The van der Waals surface area contributed by atoms with Gasteiger partial charge in [-0.05, 0) is 25.2 Å². The molecule has 0 nitrogen and oxygen atoms in total. The summed E-state index contributed by atoms with van der Waals surface area (Å²) < 4.78 is 0.0308. The summed E-state index contributed by atoms with van der Waals surface area (Å²) in [5.74, 6) is 0.750. The van der Waals surface area contributed by atoms with Gasteiger partial charge in [0.25, 0.3) is 0 Å². The van der Waals surface area contributed by atoms with E-state index in [0.717, 1.165) is 5.92 Å². The zero-order valence-electron chi connectivity index (χ0n) is 10.0. The number of thiol groups is 2. The average Bonchev–Trinajstić information content (AvgIpc) is 2.19. The lowest BCUT2D eigenvalue weighted by Gasteiger charge is -2.36. The maximum Gasteiger partial charge on any atom is 0.0579 e. The van der Waals surface area contributed by atoms with Crippen LogP contribution in [0.3, 0.4) is 0 Å². The van der Waals surface area contributed by atoms with E-state index in [4.69, 9.17) is 25.3 Å². The van der Waals surface area contributed by atoms with Gasteiger partial charge in [0.2, 0.25) is 0 Å². The van der Waals surface area contributed by atoms with Crippen LogP contribution in [0.15, 0.2) is 0 Å². The van der Waals surface area contributed by atoms with Crippen molar-refractivity contribution in [1.82, 2.24) is 0 Å². The first-order chi connectivity index (χ1) is 7.17. The second kappa shape index (κ2) is 7.11. The van der Waals surface area contributed by atoms with Crippen molar-refractivity contribution in [2.24, 2.45) is 5.92 Å². The molecule has 90 valence electrons. The number of rotatable bonds is 6. The number of unbranched alkanes of at least 4 members (excludes halogenated alkanes) is 4. The Hall–Kier alpha value is 0.700. The number of hydrogen-bond acceptors (Lipinski definition) is 2. The Bertz CT molecular complexity index is 166. The fraction of sp³-hybridized carbons (Fsp3) is 1.00. The van der Waals surface area contributed by atoms with Gasteiger partial charge in [-0.1, -0.05) is 51.9 Å². The van der Waals surface area contributed by atoms with Crippen LogP contribution in [0.4, 0.5) is 0 Å². The first kappa shape index (κ1) is 13.8. The molecule has 0 aromatic rings. The van der Waals surface area contributed by atoms with Gasteiger partial charge in [-0.15, -0.1) is 0 Å². The molecule has 0 aromatic carbocycles. The summed E-state index contributed by atoms with van der Waals surface area (Å²) in [6, 6.07) is 0. The Labute approximate surface area is 106 Å². The standard InChI is InChI=1S/C13H26S2/c1-2-3-4-5-6-9-12-10-7-8-11-13(12,14)15/h12,14-15H,2-11H2,1H3. The van der Waals surface area contributed by atoms with Crippen molar-refractivity contribution in [3.63, 3.8) is 0 Å². The number of hydrogen-bond donors (Lipinski definition) is 2. The first-order valence-electron chi connectivity index (χ1n) is 6.61. The third-order valence-corrected chi connectivity index (χ3v) is 4.83. The van der Waals surface area contributed by atoms with Gasteiger partial charge in [0.1, 0.15) is 0 Å². The maximum atomic E-state index is 4.72. The highest BCUT2D eigenvalue weighted by molar-refractivity contribution is 8.00. The Morgan fingerprint density at radius 2 is 1.80 bits per heavy atom. The summed E-state index contributed by atoms with van der Waals surface area (Å²) in [6.45, 7) is 2.27. The van der Waals surface area contributed by atoms with E-state index in [1.165, 1.54) is 64.2 Å². The van der Waals surface area contributed by atoms with Crippen molar-refractivity contribution < 1.29 is 0 Å². The monoisotopic (exact) mass is 246 g/mol. The molecule has 1 atom stereocenters. The Kier molecular flexibility index (Phi) is 6.52. The van der Waals surface area contributed by atoms with Crippen LogP contribution < -0.4 is 0 Å². The summed E-state index contributed by atoms with van der Waals surface area (Å²) >= 11 is 9.44. The van der Waals surface area contributed by atoms with Crippen molar-refractivity contribution in [3.8, 4) is 0 Å². The van der Waals surface area contributed by atoms with Crippen LogP contribution in [-0.4, -0.2) is 4.08 Å². The first-order valence-corrected chi connectivity index (χ1v) is 7.51. The second-order valence-electron chi connectivity index (χ2n) is 5.02. The Balaban J connectivity index is 2.13. The molecule has 15 heavy (non-hydrogen) atoms. The van der Waals surface area contributed by atoms with Crippen molar-refractivity contribution >= 4 is 25.3 Å². The van der Waals surface area contributed by atoms with Crippen LogP contribution >= 0.6 is 25.3 Å². The summed E-state index contributed by atoms with van der Waals surface area (Å²) in [4.78, 5) is 0. The molecule has 0 aliphatic heterocycles. The minimum absolute atomic E-state index is 0.0308. The Morgan fingerprint density at radius 1 is 1.07 bits per heavy atom. The van der Waals surface area contributed by atoms with Gasteiger partial charge in [-0.25, -0.2) is 0 Å². The zero-order valence-corrected chi connectivity index (χ0v) is 11.8. The van der Waals surface area contributed by atoms with Crippen molar-refractivity contribution in [2.45, 2.75) is 75.2 Å². The van der Waals surface area contributed by atoms with E-state index in [-0.39, 0.29) is 4.08 Å². The minimum Gasteiger partial charge on any atom is -0.162 e. The maximum absolute atomic E-state index is 4.72. The zero-order chi connectivity index (χ0) is 11.1. The highest BCUT2D eigenvalue weighted by atomic mass is 32.2. The van der Waals surface area contributed by atoms with Crippen LogP contribution in [0.1, 0.15) is 71.1 Å². The highest BCUT2D eigenvalue weighted by Gasteiger charge is 2.33. The summed E-state index contributed by atoms with van der Waals surface area (Å²) in [6.07, 6.45) is 13.5. The van der Waals surface area contributed by atoms with Gasteiger partial charge < -0.3 is 0 Å². The predicted octanol–water partition coefficient (Wildman–Crippen LogP) is 5.09.